The highest BCUT2D eigenvalue weighted by Crippen LogP contribution is 2.17. The minimum atomic E-state index is -0.0904. The number of nitrogens with zero attached hydrogens (tertiary/aromatic N) is 4. The fourth-order valence-corrected chi connectivity index (χ4v) is 2.77. The molecule has 2 heterocycles. The number of aromatic amines is 1. The third kappa shape index (κ3) is 4.67. The van der Waals surface area contributed by atoms with Crippen molar-refractivity contribution >= 4 is 5.91 Å². The molecule has 1 aromatic heterocycles. The zero-order valence-corrected chi connectivity index (χ0v) is 14.4. The Morgan fingerprint density at radius 2 is 2.12 bits per heavy atom. The summed E-state index contributed by atoms with van der Waals surface area (Å²) in [6.07, 6.45) is 1.35. The van der Waals surface area contributed by atoms with E-state index in [4.69, 9.17) is 4.74 Å². The Morgan fingerprint density at radius 1 is 1.32 bits per heavy atom. The van der Waals surface area contributed by atoms with Crippen LogP contribution in [-0.4, -0.2) is 63.7 Å². The lowest BCUT2D eigenvalue weighted by atomic mass is 10.2. The number of nitrogens with one attached hydrogen (secondary N) is 1. The molecule has 7 nitrogen and oxygen atoms in total. The Hall–Kier alpha value is -2.67. The van der Waals surface area contributed by atoms with Crippen LogP contribution in [0.25, 0.3) is 0 Å². The van der Waals surface area contributed by atoms with E-state index in [2.05, 4.69) is 38.8 Å². The lowest BCUT2D eigenvalue weighted by molar-refractivity contribution is 0.0617. The molecule has 0 radical (unpaired) electrons. The number of carbonyl (C=O) groups excluding carboxylic acids is 1. The number of aromatic nitrogens is 3. The summed E-state index contributed by atoms with van der Waals surface area (Å²) in [6.45, 7) is 10.2. The summed E-state index contributed by atoms with van der Waals surface area (Å²) in [6, 6.07) is 8.13. The molecule has 0 bridgehead atoms. The first kappa shape index (κ1) is 17.2. The number of amides is 1. The molecule has 1 saturated heterocycles. The van der Waals surface area contributed by atoms with Gasteiger partial charge in [0.1, 0.15) is 18.7 Å². The molecular weight excluding hydrogens is 318 g/mol. The maximum atomic E-state index is 12.2. The van der Waals surface area contributed by atoms with Gasteiger partial charge in [0, 0.05) is 32.7 Å². The lowest BCUT2D eigenvalue weighted by Gasteiger charge is -2.34. The summed E-state index contributed by atoms with van der Waals surface area (Å²) in [5.41, 5.74) is 2.20. The number of hydrogen-bond donors (Lipinski definition) is 1. The number of benzene rings is 1. The topological polar surface area (TPSA) is 74.3 Å². The van der Waals surface area contributed by atoms with Crippen LogP contribution in [0.5, 0.6) is 5.75 Å². The summed E-state index contributed by atoms with van der Waals surface area (Å²) in [5.74, 6) is 1.07. The van der Waals surface area contributed by atoms with Crippen molar-refractivity contribution in [3.8, 4) is 5.75 Å². The first-order chi connectivity index (χ1) is 12.1. The van der Waals surface area contributed by atoms with Gasteiger partial charge in [-0.25, -0.2) is 4.98 Å². The van der Waals surface area contributed by atoms with E-state index in [0.29, 0.717) is 25.5 Å². The minimum Gasteiger partial charge on any atom is -0.489 e. The zero-order chi connectivity index (χ0) is 17.6. The van der Waals surface area contributed by atoms with Gasteiger partial charge >= 0.3 is 0 Å². The summed E-state index contributed by atoms with van der Waals surface area (Å²) in [5, 5.41) is 6.36. The van der Waals surface area contributed by atoms with Crippen molar-refractivity contribution in [1.29, 1.82) is 0 Å². The van der Waals surface area contributed by atoms with Crippen molar-refractivity contribution in [3.05, 3.63) is 54.1 Å². The number of rotatable bonds is 6. The number of carbonyl (C=O) groups is 1. The second-order valence-electron chi connectivity index (χ2n) is 6.30. The molecule has 25 heavy (non-hydrogen) atoms. The van der Waals surface area contributed by atoms with Gasteiger partial charge in [0.15, 0.2) is 0 Å². The molecule has 1 amide bonds. The Bertz CT molecular complexity index is 721. The van der Waals surface area contributed by atoms with E-state index in [-0.39, 0.29) is 5.91 Å². The lowest BCUT2D eigenvalue weighted by Crippen LogP contribution is -2.48. The van der Waals surface area contributed by atoms with Crippen molar-refractivity contribution in [2.24, 2.45) is 0 Å². The van der Waals surface area contributed by atoms with E-state index in [1.807, 2.05) is 24.0 Å². The predicted octanol–water partition coefficient (Wildman–Crippen LogP) is 1.72. The average Bonchev–Trinajstić information content (AvgIpc) is 3.15. The van der Waals surface area contributed by atoms with Crippen molar-refractivity contribution in [3.63, 3.8) is 0 Å². The smallest absolute Gasteiger partial charge is 0.291 e. The summed E-state index contributed by atoms with van der Waals surface area (Å²) >= 11 is 0. The van der Waals surface area contributed by atoms with Crippen LogP contribution in [0, 0.1) is 0 Å². The highest BCUT2D eigenvalue weighted by atomic mass is 16.5. The van der Waals surface area contributed by atoms with E-state index >= 15 is 0 Å². The number of ether oxygens (including phenoxy) is 1. The second-order valence-corrected chi connectivity index (χ2v) is 6.30. The van der Waals surface area contributed by atoms with Gasteiger partial charge in [-0.2, -0.15) is 5.10 Å². The number of piperazine rings is 1. The van der Waals surface area contributed by atoms with E-state index in [1.54, 1.807) is 0 Å². The van der Waals surface area contributed by atoms with Crippen molar-refractivity contribution < 1.29 is 9.53 Å². The van der Waals surface area contributed by atoms with Gasteiger partial charge in [-0.1, -0.05) is 18.7 Å². The van der Waals surface area contributed by atoms with Crippen LogP contribution in [0.3, 0.4) is 0 Å². The first-order valence-corrected chi connectivity index (χ1v) is 8.35. The average molecular weight is 341 g/mol. The van der Waals surface area contributed by atoms with Crippen molar-refractivity contribution in [2.45, 2.75) is 13.5 Å². The molecule has 1 aromatic carbocycles. The third-order valence-corrected chi connectivity index (χ3v) is 4.07. The van der Waals surface area contributed by atoms with Crippen molar-refractivity contribution in [2.75, 3.05) is 32.8 Å². The summed E-state index contributed by atoms with van der Waals surface area (Å²) in [4.78, 5) is 20.3. The van der Waals surface area contributed by atoms with Crippen LogP contribution in [0.4, 0.5) is 0 Å². The quantitative estimate of drug-likeness (QED) is 0.810. The summed E-state index contributed by atoms with van der Waals surface area (Å²) in [7, 11) is 0. The summed E-state index contributed by atoms with van der Waals surface area (Å²) < 4.78 is 5.70. The molecule has 0 unspecified atom stereocenters. The molecule has 3 rings (SSSR count). The molecule has 1 aliphatic heterocycles. The van der Waals surface area contributed by atoms with Gasteiger partial charge in [0.2, 0.25) is 5.82 Å². The Labute approximate surface area is 147 Å². The SMILES string of the molecule is C=C(C)COc1cccc(CN2CCN(C(=O)c3ncn[nH]3)CC2)c1. The maximum absolute atomic E-state index is 12.2. The van der Waals surface area contributed by atoms with Crippen LogP contribution in [0.1, 0.15) is 23.1 Å². The molecule has 132 valence electrons. The van der Waals surface area contributed by atoms with Gasteiger partial charge in [-0.15, -0.1) is 0 Å². The molecule has 0 atom stereocenters. The van der Waals surface area contributed by atoms with E-state index in [1.165, 1.54) is 11.9 Å². The predicted molar refractivity (Wildman–Crippen MR) is 94.3 cm³/mol. The van der Waals surface area contributed by atoms with Crippen LogP contribution >= 0.6 is 0 Å². The minimum absolute atomic E-state index is 0.0904. The standard InChI is InChI=1S/C18H23N5O2/c1-14(2)12-25-16-5-3-4-15(10-16)11-22-6-8-23(9-7-22)18(24)17-19-13-20-21-17/h3-5,10,13H,1,6-9,11-12H2,2H3,(H,19,20,21). The molecule has 7 heteroatoms. The van der Waals surface area contributed by atoms with Crippen LogP contribution < -0.4 is 4.74 Å². The molecule has 1 fully saturated rings. The fourth-order valence-electron chi connectivity index (χ4n) is 2.77. The number of H-pyrrole nitrogens is 1. The van der Waals surface area contributed by atoms with E-state index in [0.717, 1.165) is 31.0 Å². The molecule has 0 saturated carbocycles. The van der Waals surface area contributed by atoms with Crippen molar-refractivity contribution in [1.82, 2.24) is 25.0 Å². The molecule has 2 aromatic rings. The maximum Gasteiger partial charge on any atom is 0.291 e. The van der Waals surface area contributed by atoms with Gasteiger partial charge in [0.25, 0.3) is 5.91 Å². The van der Waals surface area contributed by atoms with Crippen LogP contribution in [0.2, 0.25) is 0 Å². The van der Waals surface area contributed by atoms with Gasteiger partial charge in [-0.05, 0) is 30.2 Å². The second kappa shape index (κ2) is 7.94. The van der Waals surface area contributed by atoms with E-state index < -0.39 is 0 Å². The zero-order valence-electron chi connectivity index (χ0n) is 14.4. The largest absolute Gasteiger partial charge is 0.489 e. The molecule has 1 N–H and O–H groups in total. The first-order valence-electron chi connectivity index (χ1n) is 8.35. The Kier molecular flexibility index (Phi) is 5.45. The fraction of sp³-hybridized carbons (Fsp3) is 0.389. The highest BCUT2D eigenvalue weighted by molar-refractivity contribution is 5.90. The third-order valence-electron chi connectivity index (χ3n) is 4.07. The molecule has 0 aliphatic carbocycles. The van der Waals surface area contributed by atoms with Gasteiger partial charge in [0.05, 0.1) is 0 Å². The monoisotopic (exact) mass is 341 g/mol. The molecule has 0 spiro atoms. The molecule has 1 aliphatic rings. The highest BCUT2D eigenvalue weighted by Gasteiger charge is 2.23. The van der Waals surface area contributed by atoms with E-state index in [9.17, 15) is 4.79 Å². The van der Waals surface area contributed by atoms with Gasteiger partial charge in [-0.3, -0.25) is 14.8 Å². The van der Waals surface area contributed by atoms with Crippen LogP contribution in [0.15, 0.2) is 42.7 Å². The molecular formula is C18H23N5O2. The van der Waals surface area contributed by atoms with Gasteiger partial charge < -0.3 is 9.64 Å². The Balaban J connectivity index is 1.51. The number of hydrogen-bond acceptors (Lipinski definition) is 5. The normalized spacial score (nSPS) is 15.2. The Morgan fingerprint density at radius 3 is 2.80 bits per heavy atom. The van der Waals surface area contributed by atoms with Crippen LogP contribution in [-0.2, 0) is 6.54 Å².